The fourth-order valence-electron chi connectivity index (χ4n) is 1.46. The summed E-state index contributed by atoms with van der Waals surface area (Å²) >= 11 is 17.7. The van der Waals surface area contributed by atoms with Crippen molar-refractivity contribution in [3.05, 3.63) is 51.1 Å². The van der Waals surface area contributed by atoms with Crippen LogP contribution in [0.4, 0.5) is 0 Å². The van der Waals surface area contributed by atoms with E-state index in [4.69, 9.17) is 39.9 Å². The van der Waals surface area contributed by atoms with Crippen molar-refractivity contribution in [2.24, 2.45) is 0 Å². The molecular formula is C12H6Cl3NO2. The molecule has 6 heteroatoms. The topological polar surface area (TPSA) is 50.2 Å². The normalized spacial score (nSPS) is 10.4. The highest BCUT2D eigenvalue weighted by atomic mass is 35.5. The first-order chi connectivity index (χ1) is 8.49. The third-order valence-corrected chi connectivity index (χ3v) is 3.28. The molecule has 0 aliphatic heterocycles. The summed E-state index contributed by atoms with van der Waals surface area (Å²) in [5, 5.41) is 9.72. The second-order valence-electron chi connectivity index (χ2n) is 3.47. The van der Waals surface area contributed by atoms with Crippen LogP contribution in [0.3, 0.4) is 0 Å². The zero-order valence-electron chi connectivity index (χ0n) is 8.82. The van der Waals surface area contributed by atoms with Gasteiger partial charge in [-0.05, 0) is 18.2 Å². The zero-order valence-corrected chi connectivity index (χ0v) is 11.1. The molecule has 1 aromatic carbocycles. The van der Waals surface area contributed by atoms with Gasteiger partial charge in [0.15, 0.2) is 0 Å². The molecule has 3 nitrogen and oxygen atoms in total. The van der Waals surface area contributed by atoms with Gasteiger partial charge in [-0.15, -0.1) is 0 Å². The van der Waals surface area contributed by atoms with Gasteiger partial charge in [-0.3, -0.25) is 0 Å². The Balaban J connectivity index is 2.64. The van der Waals surface area contributed by atoms with Crippen LogP contribution in [0.2, 0.25) is 15.2 Å². The molecule has 0 spiro atoms. The Kier molecular flexibility index (Phi) is 3.76. The van der Waals surface area contributed by atoms with Crippen LogP contribution in [0.1, 0.15) is 10.4 Å². The predicted octanol–water partition coefficient (Wildman–Crippen LogP) is 4.41. The summed E-state index contributed by atoms with van der Waals surface area (Å²) < 4.78 is 0. The first-order valence-corrected chi connectivity index (χ1v) is 5.97. The summed E-state index contributed by atoms with van der Waals surface area (Å²) in [5.41, 5.74) is 0.947. The monoisotopic (exact) mass is 301 g/mol. The molecular weight excluding hydrogens is 296 g/mol. The minimum atomic E-state index is -1.08. The second-order valence-corrected chi connectivity index (χ2v) is 4.64. The Bertz CT molecular complexity index is 629. The highest BCUT2D eigenvalue weighted by Gasteiger charge is 2.12. The average molecular weight is 303 g/mol. The van der Waals surface area contributed by atoms with Crippen molar-refractivity contribution in [1.82, 2.24) is 4.98 Å². The number of aromatic nitrogens is 1. The second kappa shape index (κ2) is 5.14. The smallest absolute Gasteiger partial charge is 0.335 e. The fraction of sp³-hybridized carbons (Fsp3) is 0. The molecule has 0 aliphatic carbocycles. The number of halogens is 3. The van der Waals surface area contributed by atoms with E-state index in [1.807, 2.05) is 0 Å². The molecule has 0 radical (unpaired) electrons. The van der Waals surface area contributed by atoms with Gasteiger partial charge in [0.1, 0.15) is 5.15 Å². The molecule has 0 saturated heterocycles. The molecule has 2 aromatic rings. The summed E-state index contributed by atoms with van der Waals surface area (Å²) in [6, 6.07) is 7.69. The van der Waals surface area contributed by atoms with Gasteiger partial charge in [0.25, 0.3) is 0 Å². The summed E-state index contributed by atoms with van der Waals surface area (Å²) in [5.74, 6) is -1.08. The third kappa shape index (κ3) is 2.58. The van der Waals surface area contributed by atoms with E-state index in [1.165, 1.54) is 12.1 Å². The largest absolute Gasteiger partial charge is 0.478 e. The molecule has 0 unspecified atom stereocenters. The maximum Gasteiger partial charge on any atom is 0.335 e. The summed E-state index contributed by atoms with van der Waals surface area (Å²) in [7, 11) is 0. The highest BCUT2D eigenvalue weighted by molar-refractivity contribution is 6.43. The number of carboxylic acid groups (broad SMARTS) is 1. The number of pyridine rings is 1. The Labute approximate surface area is 118 Å². The van der Waals surface area contributed by atoms with E-state index in [2.05, 4.69) is 4.98 Å². The first-order valence-electron chi connectivity index (χ1n) is 4.84. The van der Waals surface area contributed by atoms with Gasteiger partial charge in [-0.1, -0.05) is 46.9 Å². The minimum absolute atomic E-state index is 0.0426. The van der Waals surface area contributed by atoms with Gasteiger partial charge in [0.2, 0.25) is 0 Å². The SMILES string of the molecule is O=C(O)c1cc(Cl)nc(-c2cccc(Cl)c2Cl)c1. The van der Waals surface area contributed by atoms with Crippen LogP contribution in [0.5, 0.6) is 0 Å². The van der Waals surface area contributed by atoms with Gasteiger partial charge in [-0.25, -0.2) is 9.78 Å². The van der Waals surface area contributed by atoms with Gasteiger partial charge in [0, 0.05) is 5.56 Å². The van der Waals surface area contributed by atoms with Gasteiger partial charge < -0.3 is 5.11 Å². The maximum atomic E-state index is 10.9. The lowest BCUT2D eigenvalue weighted by molar-refractivity contribution is 0.0697. The summed E-state index contributed by atoms with van der Waals surface area (Å²) in [6.45, 7) is 0. The minimum Gasteiger partial charge on any atom is -0.478 e. The average Bonchev–Trinajstić information content (AvgIpc) is 2.31. The Morgan fingerprint density at radius 1 is 1.17 bits per heavy atom. The van der Waals surface area contributed by atoms with E-state index >= 15 is 0 Å². The number of aromatic carboxylic acids is 1. The first kappa shape index (κ1) is 13.1. The molecule has 0 aliphatic rings. The Morgan fingerprint density at radius 2 is 1.89 bits per heavy atom. The van der Waals surface area contributed by atoms with Crippen LogP contribution < -0.4 is 0 Å². The lowest BCUT2D eigenvalue weighted by atomic mass is 10.1. The number of hydrogen-bond acceptors (Lipinski definition) is 2. The molecule has 0 saturated carbocycles. The molecule has 1 heterocycles. The van der Waals surface area contributed by atoms with E-state index in [9.17, 15) is 4.79 Å². The van der Waals surface area contributed by atoms with Crippen molar-refractivity contribution in [2.75, 3.05) is 0 Å². The predicted molar refractivity (Wildman–Crippen MR) is 71.7 cm³/mol. The molecule has 92 valence electrons. The molecule has 0 atom stereocenters. The van der Waals surface area contributed by atoms with Crippen molar-refractivity contribution in [3.8, 4) is 11.3 Å². The van der Waals surface area contributed by atoms with Crippen LogP contribution in [-0.4, -0.2) is 16.1 Å². The quantitative estimate of drug-likeness (QED) is 0.836. The van der Waals surface area contributed by atoms with Gasteiger partial charge in [0.05, 0.1) is 21.3 Å². The zero-order chi connectivity index (χ0) is 13.3. The van der Waals surface area contributed by atoms with E-state index in [-0.39, 0.29) is 10.7 Å². The summed E-state index contributed by atoms with van der Waals surface area (Å²) in [4.78, 5) is 15.0. The number of carbonyl (C=O) groups is 1. The molecule has 1 aromatic heterocycles. The van der Waals surface area contributed by atoms with Crippen molar-refractivity contribution >= 4 is 40.8 Å². The molecule has 2 rings (SSSR count). The number of carboxylic acids is 1. The lowest BCUT2D eigenvalue weighted by Gasteiger charge is -2.06. The van der Waals surface area contributed by atoms with Crippen LogP contribution in [0, 0.1) is 0 Å². The van der Waals surface area contributed by atoms with Crippen molar-refractivity contribution < 1.29 is 9.90 Å². The molecule has 1 N–H and O–H groups in total. The van der Waals surface area contributed by atoms with Crippen LogP contribution in [0.15, 0.2) is 30.3 Å². The van der Waals surface area contributed by atoms with E-state index < -0.39 is 5.97 Å². The van der Waals surface area contributed by atoms with Crippen LogP contribution >= 0.6 is 34.8 Å². The van der Waals surface area contributed by atoms with Gasteiger partial charge >= 0.3 is 5.97 Å². The highest BCUT2D eigenvalue weighted by Crippen LogP contribution is 2.33. The van der Waals surface area contributed by atoms with Crippen molar-refractivity contribution in [1.29, 1.82) is 0 Å². The number of nitrogens with zero attached hydrogens (tertiary/aromatic N) is 1. The van der Waals surface area contributed by atoms with Crippen molar-refractivity contribution in [3.63, 3.8) is 0 Å². The fourth-order valence-corrected chi connectivity index (χ4v) is 2.07. The lowest BCUT2D eigenvalue weighted by Crippen LogP contribution is -1.98. The number of rotatable bonds is 2. The van der Waals surface area contributed by atoms with Crippen molar-refractivity contribution in [2.45, 2.75) is 0 Å². The number of benzene rings is 1. The summed E-state index contributed by atoms with van der Waals surface area (Å²) in [6.07, 6.45) is 0. The molecule has 0 bridgehead atoms. The van der Waals surface area contributed by atoms with Gasteiger partial charge in [-0.2, -0.15) is 0 Å². The van der Waals surface area contributed by atoms with E-state index in [0.29, 0.717) is 21.3 Å². The standard InChI is InChI=1S/C12H6Cl3NO2/c13-8-3-1-2-7(11(8)15)9-4-6(12(17)18)5-10(14)16-9/h1-5H,(H,17,18). The maximum absolute atomic E-state index is 10.9. The molecule has 18 heavy (non-hydrogen) atoms. The number of hydrogen-bond donors (Lipinski definition) is 1. The Morgan fingerprint density at radius 3 is 2.56 bits per heavy atom. The van der Waals surface area contributed by atoms with Crippen LogP contribution in [0.25, 0.3) is 11.3 Å². The Hall–Kier alpha value is -1.29. The molecule has 0 fully saturated rings. The van der Waals surface area contributed by atoms with E-state index in [1.54, 1.807) is 18.2 Å². The van der Waals surface area contributed by atoms with Crippen LogP contribution in [-0.2, 0) is 0 Å². The molecule has 0 amide bonds. The van der Waals surface area contributed by atoms with E-state index in [0.717, 1.165) is 0 Å². The third-order valence-electron chi connectivity index (χ3n) is 2.27.